The lowest BCUT2D eigenvalue weighted by molar-refractivity contribution is -0.144. The summed E-state index contributed by atoms with van der Waals surface area (Å²) in [5.41, 5.74) is 0.903. The number of carboxylic acid groups (broad SMARTS) is 1. The van der Waals surface area contributed by atoms with Crippen LogP contribution in [0.1, 0.15) is 38.2 Å². The fourth-order valence-corrected chi connectivity index (χ4v) is 4.11. The van der Waals surface area contributed by atoms with Crippen molar-refractivity contribution >= 4 is 23.7 Å². The smallest absolute Gasteiger partial charge is 0.325 e. The summed E-state index contributed by atoms with van der Waals surface area (Å²) >= 11 is 0. The Morgan fingerprint density at radius 1 is 1.10 bits per heavy atom. The highest BCUT2D eigenvalue weighted by Gasteiger charge is 2.39. The SMILES string of the molecule is CC(NC(=O)C1CCCN1C(=O)C(Cc1ccccc1)NC(=O)C1CCCN1)C(=O)O. The normalized spacial score (nSPS) is 22.5. The van der Waals surface area contributed by atoms with Crippen LogP contribution in [-0.4, -0.2) is 71.0 Å². The van der Waals surface area contributed by atoms with E-state index in [1.165, 1.54) is 11.8 Å². The summed E-state index contributed by atoms with van der Waals surface area (Å²) in [7, 11) is 0. The molecule has 4 N–H and O–H groups in total. The van der Waals surface area contributed by atoms with Crippen molar-refractivity contribution in [1.29, 1.82) is 0 Å². The molecule has 2 saturated heterocycles. The van der Waals surface area contributed by atoms with Crippen molar-refractivity contribution in [1.82, 2.24) is 20.9 Å². The van der Waals surface area contributed by atoms with Gasteiger partial charge in [0.25, 0.3) is 0 Å². The second kappa shape index (κ2) is 10.4. The van der Waals surface area contributed by atoms with Crippen molar-refractivity contribution in [2.75, 3.05) is 13.1 Å². The molecule has 2 heterocycles. The van der Waals surface area contributed by atoms with Gasteiger partial charge in [-0.2, -0.15) is 0 Å². The molecule has 2 aliphatic heterocycles. The van der Waals surface area contributed by atoms with Gasteiger partial charge in [-0.3, -0.25) is 19.2 Å². The summed E-state index contributed by atoms with van der Waals surface area (Å²) in [6.45, 7) is 2.54. The van der Waals surface area contributed by atoms with Crippen LogP contribution in [0, 0.1) is 0 Å². The minimum Gasteiger partial charge on any atom is -0.480 e. The molecular weight excluding hydrogens is 400 g/mol. The number of rotatable bonds is 8. The second-order valence-corrected chi connectivity index (χ2v) is 8.16. The molecule has 4 atom stereocenters. The van der Waals surface area contributed by atoms with Crippen LogP contribution >= 0.6 is 0 Å². The summed E-state index contributed by atoms with van der Waals surface area (Å²) in [5.74, 6) is -2.16. The summed E-state index contributed by atoms with van der Waals surface area (Å²) in [6.07, 6.45) is 3.04. The number of likely N-dealkylation sites (tertiary alicyclic amines) is 1. The fraction of sp³-hybridized carbons (Fsp3) is 0.545. The number of aliphatic carboxylic acids is 1. The number of nitrogens with zero attached hydrogens (tertiary/aromatic N) is 1. The topological polar surface area (TPSA) is 128 Å². The number of carbonyl (C=O) groups is 4. The van der Waals surface area contributed by atoms with Gasteiger partial charge in [-0.15, -0.1) is 0 Å². The van der Waals surface area contributed by atoms with Gasteiger partial charge in [-0.25, -0.2) is 0 Å². The molecule has 0 aliphatic carbocycles. The monoisotopic (exact) mass is 430 g/mol. The zero-order chi connectivity index (χ0) is 22.4. The Bertz CT molecular complexity index is 809. The van der Waals surface area contributed by atoms with Gasteiger partial charge in [-0.1, -0.05) is 30.3 Å². The van der Waals surface area contributed by atoms with Gasteiger partial charge in [0.05, 0.1) is 6.04 Å². The van der Waals surface area contributed by atoms with E-state index in [-0.39, 0.29) is 17.9 Å². The molecule has 0 aromatic heterocycles. The van der Waals surface area contributed by atoms with Gasteiger partial charge in [0, 0.05) is 13.0 Å². The van der Waals surface area contributed by atoms with Crippen LogP contribution in [0.25, 0.3) is 0 Å². The van der Waals surface area contributed by atoms with Crippen LogP contribution in [0.3, 0.4) is 0 Å². The number of nitrogens with one attached hydrogen (secondary N) is 3. The highest BCUT2D eigenvalue weighted by molar-refractivity contribution is 5.94. The molecule has 9 heteroatoms. The number of hydrogen-bond donors (Lipinski definition) is 4. The first-order valence-corrected chi connectivity index (χ1v) is 10.8. The summed E-state index contributed by atoms with van der Waals surface area (Å²) in [6, 6.07) is 6.50. The average Bonchev–Trinajstić information content (AvgIpc) is 3.45. The van der Waals surface area contributed by atoms with Gasteiger partial charge in [-0.05, 0) is 44.7 Å². The van der Waals surface area contributed by atoms with E-state index in [0.29, 0.717) is 25.8 Å². The van der Waals surface area contributed by atoms with Crippen LogP contribution in [0.15, 0.2) is 30.3 Å². The molecule has 2 aliphatic rings. The Morgan fingerprint density at radius 3 is 2.48 bits per heavy atom. The van der Waals surface area contributed by atoms with E-state index in [1.54, 1.807) is 0 Å². The van der Waals surface area contributed by atoms with Crippen LogP contribution in [0.5, 0.6) is 0 Å². The first-order valence-electron chi connectivity index (χ1n) is 10.8. The maximum absolute atomic E-state index is 13.4. The number of carboxylic acids is 1. The van der Waals surface area contributed by atoms with Crippen molar-refractivity contribution < 1.29 is 24.3 Å². The average molecular weight is 431 g/mol. The second-order valence-electron chi connectivity index (χ2n) is 8.16. The van der Waals surface area contributed by atoms with Crippen LogP contribution < -0.4 is 16.0 Å². The minimum absolute atomic E-state index is 0.216. The van der Waals surface area contributed by atoms with E-state index in [4.69, 9.17) is 5.11 Å². The van der Waals surface area contributed by atoms with Gasteiger partial charge in [0.1, 0.15) is 18.1 Å². The van der Waals surface area contributed by atoms with Crippen LogP contribution in [0.2, 0.25) is 0 Å². The highest BCUT2D eigenvalue weighted by Crippen LogP contribution is 2.20. The number of benzene rings is 1. The molecule has 9 nitrogen and oxygen atoms in total. The minimum atomic E-state index is -1.14. The predicted molar refractivity (Wildman–Crippen MR) is 113 cm³/mol. The molecule has 168 valence electrons. The molecule has 2 fully saturated rings. The molecule has 31 heavy (non-hydrogen) atoms. The van der Waals surface area contributed by atoms with E-state index in [1.807, 2.05) is 30.3 Å². The molecule has 1 aromatic rings. The molecule has 3 amide bonds. The Kier molecular flexibility index (Phi) is 7.62. The van der Waals surface area contributed by atoms with Crippen molar-refractivity contribution in [3.05, 3.63) is 35.9 Å². The van der Waals surface area contributed by atoms with Gasteiger partial charge < -0.3 is 26.0 Å². The number of amides is 3. The van der Waals surface area contributed by atoms with Crippen molar-refractivity contribution in [3.63, 3.8) is 0 Å². The lowest BCUT2D eigenvalue weighted by Crippen LogP contribution is -2.57. The molecule has 0 bridgehead atoms. The molecule has 0 radical (unpaired) electrons. The fourth-order valence-electron chi connectivity index (χ4n) is 4.11. The van der Waals surface area contributed by atoms with E-state index in [0.717, 1.165) is 24.9 Å². The quantitative estimate of drug-likeness (QED) is 0.461. The largest absolute Gasteiger partial charge is 0.480 e. The molecule has 1 aromatic carbocycles. The Hall–Kier alpha value is -2.94. The van der Waals surface area contributed by atoms with Gasteiger partial charge in [0.2, 0.25) is 17.7 Å². The third kappa shape index (κ3) is 5.81. The van der Waals surface area contributed by atoms with Gasteiger partial charge >= 0.3 is 5.97 Å². The first kappa shape index (κ1) is 22.7. The Morgan fingerprint density at radius 2 is 1.84 bits per heavy atom. The van der Waals surface area contributed by atoms with Crippen molar-refractivity contribution in [3.8, 4) is 0 Å². The lowest BCUT2D eigenvalue weighted by atomic mass is 10.0. The molecular formula is C22H30N4O5. The zero-order valence-electron chi connectivity index (χ0n) is 17.7. The summed E-state index contributed by atoms with van der Waals surface area (Å²) in [4.78, 5) is 51.3. The van der Waals surface area contributed by atoms with Crippen molar-refractivity contribution in [2.24, 2.45) is 0 Å². The third-order valence-electron chi connectivity index (χ3n) is 5.84. The van der Waals surface area contributed by atoms with Gasteiger partial charge in [0.15, 0.2) is 0 Å². The zero-order valence-corrected chi connectivity index (χ0v) is 17.7. The summed E-state index contributed by atoms with van der Waals surface area (Å²) < 4.78 is 0. The number of hydrogen-bond acceptors (Lipinski definition) is 5. The maximum atomic E-state index is 13.4. The van der Waals surface area contributed by atoms with Crippen molar-refractivity contribution in [2.45, 2.75) is 63.2 Å². The Balaban J connectivity index is 1.74. The van der Waals surface area contributed by atoms with E-state index >= 15 is 0 Å². The van der Waals surface area contributed by atoms with Crippen LogP contribution in [0.4, 0.5) is 0 Å². The Labute approximate surface area is 181 Å². The lowest BCUT2D eigenvalue weighted by Gasteiger charge is -2.29. The van der Waals surface area contributed by atoms with Crippen LogP contribution in [-0.2, 0) is 25.6 Å². The summed E-state index contributed by atoms with van der Waals surface area (Å²) in [5, 5.41) is 17.5. The molecule has 3 rings (SSSR count). The predicted octanol–water partition coefficient (Wildman–Crippen LogP) is 0.0462. The standard InChI is InChI=1S/C22H30N4O5/c1-14(22(30)31)24-20(28)18-10-6-12-26(18)21(29)17(13-15-7-3-2-4-8-15)25-19(27)16-9-5-11-23-16/h2-4,7-8,14,16-18,23H,5-6,9-13H2,1H3,(H,24,28)(H,25,27)(H,30,31). The maximum Gasteiger partial charge on any atom is 0.325 e. The highest BCUT2D eigenvalue weighted by atomic mass is 16.4. The molecule has 4 unspecified atom stereocenters. The first-order chi connectivity index (χ1) is 14.9. The molecule has 0 spiro atoms. The van der Waals surface area contributed by atoms with E-state index in [9.17, 15) is 19.2 Å². The van der Waals surface area contributed by atoms with E-state index < -0.39 is 30.0 Å². The third-order valence-corrected chi connectivity index (χ3v) is 5.84. The van der Waals surface area contributed by atoms with E-state index in [2.05, 4.69) is 16.0 Å². The number of carbonyl (C=O) groups excluding carboxylic acids is 3. The molecule has 0 saturated carbocycles.